The molecular weight excluding hydrogens is 540 g/mol. The van der Waals surface area contributed by atoms with Gasteiger partial charge in [-0.3, -0.25) is 0 Å². The Hall–Kier alpha value is -3.00. The first-order chi connectivity index (χ1) is 17.3. The van der Waals surface area contributed by atoms with E-state index in [1.807, 2.05) is 0 Å². The predicted octanol–water partition coefficient (Wildman–Crippen LogP) is 6.72. The van der Waals surface area contributed by atoms with Crippen LogP contribution in [0.3, 0.4) is 0 Å². The average Bonchev–Trinajstić information content (AvgIpc) is 3.51. The van der Waals surface area contributed by atoms with Gasteiger partial charge in [0.25, 0.3) is 0 Å². The standard InChI is InChI=1S/C24H19F6N3O2S2/c1-22(31,12-34)21-33-32-20(37-21)14-7-8-18(17(9-14)23(25,26)27)35-11-15-10-16(13-5-3-2-4-6-13)19(36-15)24(28,29)30/h2-10,34H,11-12,31H2,1H3/t22-/m0/s1. The summed E-state index contributed by atoms with van der Waals surface area (Å²) in [6, 6.07) is 12.4. The van der Waals surface area contributed by atoms with Crippen molar-refractivity contribution in [2.45, 2.75) is 31.4 Å². The van der Waals surface area contributed by atoms with Crippen LogP contribution >= 0.6 is 22.7 Å². The van der Waals surface area contributed by atoms with Gasteiger partial charge in [0, 0.05) is 16.0 Å². The zero-order chi connectivity index (χ0) is 27.0. The van der Waals surface area contributed by atoms with Crippen molar-refractivity contribution in [2.75, 3.05) is 6.61 Å². The first-order valence-electron chi connectivity index (χ1n) is 10.6. The number of alkyl halides is 6. The Bertz CT molecular complexity index is 1380. The minimum absolute atomic E-state index is 0.0649. The second-order valence-electron chi connectivity index (χ2n) is 8.30. The summed E-state index contributed by atoms with van der Waals surface area (Å²) in [5, 5.41) is 17.5. The third-order valence-electron chi connectivity index (χ3n) is 5.27. The van der Waals surface area contributed by atoms with Crippen molar-refractivity contribution in [1.82, 2.24) is 10.2 Å². The van der Waals surface area contributed by atoms with Crippen LogP contribution in [0.15, 0.2) is 54.6 Å². The minimum atomic E-state index is -4.81. The number of halogens is 6. The van der Waals surface area contributed by atoms with Crippen LogP contribution in [0.4, 0.5) is 26.3 Å². The minimum Gasteiger partial charge on any atom is -0.487 e. The van der Waals surface area contributed by atoms with Crippen molar-refractivity contribution in [3.63, 3.8) is 0 Å². The van der Waals surface area contributed by atoms with Gasteiger partial charge in [-0.05, 0) is 36.8 Å². The zero-order valence-corrected chi connectivity index (χ0v) is 20.7. The van der Waals surface area contributed by atoms with E-state index in [4.69, 9.17) is 10.5 Å². The number of nitrogens with two attached hydrogens (primary N) is 1. The average molecular weight is 560 g/mol. The van der Waals surface area contributed by atoms with E-state index < -0.39 is 47.3 Å². The molecule has 4 rings (SSSR count). The summed E-state index contributed by atoms with van der Waals surface area (Å²) in [7, 11) is 0. The van der Waals surface area contributed by atoms with Crippen LogP contribution < -0.4 is 10.5 Å². The van der Waals surface area contributed by atoms with Gasteiger partial charge >= 0.3 is 12.4 Å². The Morgan fingerprint density at radius 2 is 1.59 bits per heavy atom. The van der Waals surface area contributed by atoms with Crippen molar-refractivity contribution in [1.29, 1.82) is 0 Å². The highest BCUT2D eigenvalue weighted by molar-refractivity contribution is 7.14. The fourth-order valence-corrected chi connectivity index (χ4v) is 5.20. The van der Waals surface area contributed by atoms with Gasteiger partial charge in [-0.2, -0.15) is 26.3 Å². The number of aliphatic hydroxyl groups is 1. The summed E-state index contributed by atoms with van der Waals surface area (Å²) < 4.78 is 87.8. The number of aliphatic hydroxyl groups excluding tert-OH is 1. The molecule has 196 valence electrons. The molecule has 2 aromatic carbocycles. The highest BCUT2D eigenvalue weighted by atomic mass is 32.1. The number of benzene rings is 2. The lowest BCUT2D eigenvalue weighted by molar-refractivity contribution is -0.139. The highest BCUT2D eigenvalue weighted by Gasteiger charge is 2.37. The zero-order valence-electron chi connectivity index (χ0n) is 19.0. The van der Waals surface area contributed by atoms with E-state index in [9.17, 15) is 31.4 Å². The molecule has 1 atom stereocenters. The summed E-state index contributed by atoms with van der Waals surface area (Å²) in [5.74, 6) is -0.539. The molecule has 0 aliphatic carbocycles. The Morgan fingerprint density at radius 3 is 2.22 bits per heavy atom. The second kappa shape index (κ2) is 10.0. The Morgan fingerprint density at radius 1 is 0.892 bits per heavy atom. The number of ether oxygens (including phenoxy) is 1. The molecule has 0 radical (unpaired) electrons. The molecule has 0 fully saturated rings. The summed E-state index contributed by atoms with van der Waals surface area (Å²) in [5.41, 5.74) is 3.96. The van der Waals surface area contributed by atoms with Gasteiger partial charge in [-0.15, -0.1) is 21.5 Å². The van der Waals surface area contributed by atoms with E-state index in [2.05, 4.69) is 10.2 Å². The van der Waals surface area contributed by atoms with Gasteiger partial charge in [0.05, 0.1) is 17.7 Å². The van der Waals surface area contributed by atoms with Crippen LogP contribution in [0, 0.1) is 0 Å². The van der Waals surface area contributed by atoms with Gasteiger partial charge in [-0.1, -0.05) is 41.7 Å². The normalized spacial score (nSPS) is 14.0. The van der Waals surface area contributed by atoms with Crippen LogP contribution in [-0.2, 0) is 24.5 Å². The molecule has 3 N–H and O–H groups in total. The summed E-state index contributed by atoms with van der Waals surface area (Å²) >= 11 is 1.36. The third-order valence-corrected chi connectivity index (χ3v) is 7.67. The summed E-state index contributed by atoms with van der Waals surface area (Å²) in [4.78, 5) is -0.742. The van der Waals surface area contributed by atoms with Crippen LogP contribution in [-0.4, -0.2) is 21.9 Å². The van der Waals surface area contributed by atoms with E-state index in [-0.39, 0.29) is 26.0 Å². The molecule has 0 spiro atoms. The Kier molecular flexibility index (Phi) is 7.34. The second-order valence-corrected chi connectivity index (χ2v) is 10.4. The van der Waals surface area contributed by atoms with E-state index in [1.54, 1.807) is 18.2 Å². The van der Waals surface area contributed by atoms with Crippen molar-refractivity contribution in [3.8, 4) is 27.4 Å². The molecule has 0 saturated carbocycles. The van der Waals surface area contributed by atoms with Crippen molar-refractivity contribution in [2.24, 2.45) is 5.73 Å². The van der Waals surface area contributed by atoms with E-state index >= 15 is 0 Å². The number of thiophene rings is 1. The first kappa shape index (κ1) is 27.0. The smallest absolute Gasteiger partial charge is 0.426 e. The molecule has 0 saturated heterocycles. The lowest BCUT2D eigenvalue weighted by Gasteiger charge is -2.17. The van der Waals surface area contributed by atoms with Crippen LogP contribution in [0.1, 0.15) is 27.2 Å². The van der Waals surface area contributed by atoms with E-state index in [0.29, 0.717) is 16.9 Å². The molecule has 0 bridgehead atoms. The van der Waals surface area contributed by atoms with E-state index in [0.717, 1.165) is 23.5 Å². The molecule has 0 amide bonds. The van der Waals surface area contributed by atoms with Crippen LogP contribution in [0.2, 0.25) is 0 Å². The SMILES string of the molecule is C[C@](N)(CO)c1nnc(-c2ccc(OCc3cc(-c4ccccc4)c(C(F)(F)F)s3)c(C(F)(F)F)c2)s1. The predicted molar refractivity (Wildman–Crippen MR) is 128 cm³/mol. The maximum atomic E-state index is 13.9. The number of rotatable bonds is 7. The molecule has 37 heavy (non-hydrogen) atoms. The van der Waals surface area contributed by atoms with Gasteiger partial charge in [0.2, 0.25) is 0 Å². The third kappa shape index (κ3) is 5.95. The van der Waals surface area contributed by atoms with Crippen LogP contribution in [0.25, 0.3) is 21.7 Å². The maximum absolute atomic E-state index is 13.9. The van der Waals surface area contributed by atoms with Crippen molar-refractivity contribution in [3.05, 3.63) is 74.9 Å². The molecule has 13 heteroatoms. The van der Waals surface area contributed by atoms with Gasteiger partial charge in [0.1, 0.15) is 27.2 Å². The Labute approximate surface area is 215 Å². The fourth-order valence-electron chi connectivity index (χ4n) is 3.35. The topological polar surface area (TPSA) is 81.3 Å². The fraction of sp³-hybridized carbons (Fsp3) is 0.250. The van der Waals surface area contributed by atoms with Gasteiger partial charge in [-0.25, -0.2) is 0 Å². The molecule has 0 aliphatic rings. The molecule has 4 aromatic rings. The lowest BCUT2D eigenvalue weighted by Crippen LogP contribution is -2.36. The molecule has 0 unspecified atom stereocenters. The lowest BCUT2D eigenvalue weighted by atomic mass is 10.1. The van der Waals surface area contributed by atoms with E-state index in [1.165, 1.54) is 31.2 Å². The number of nitrogens with zero attached hydrogens (tertiary/aromatic N) is 2. The number of hydrogen-bond acceptors (Lipinski definition) is 7. The first-order valence-corrected chi connectivity index (χ1v) is 12.3. The molecule has 2 aromatic heterocycles. The quantitative estimate of drug-likeness (QED) is 0.246. The summed E-state index contributed by atoms with van der Waals surface area (Å²) in [6.07, 6.45) is -9.45. The monoisotopic (exact) mass is 559 g/mol. The number of hydrogen-bond donors (Lipinski definition) is 2. The number of aromatic nitrogens is 2. The molecule has 5 nitrogen and oxygen atoms in total. The molecule has 2 heterocycles. The van der Waals surface area contributed by atoms with Crippen molar-refractivity contribution < 1.29 is 36.2 Å². The summed E-state index contributed by atoms with van der Waals surface area (Å²) in [6.45, 7) is 0.578. The van der Waals surface area contributed by atoms with Gasteiger partial charge in [0.15, 0.2) is 0 Å². The van der Waals surface area contributed by atoms with Crippen LogP contribution in [0.5, 0.6) is 5.75 Å². The largest absolute Gasteiger partial charge is 0.487 e. The Balaban J connectivity index is 1.63. The molecular formula is C24H19F6N3O2S2. The highest BCUT2D eigenvalue weighted by Crippen LogP contribution is 2.44. The van der Waals surface area contributed by atoms with Crippen molar-refractivity contribution >= 4 is 22.7 Å². The molecule has 0 aliphatic heterocycles. The maximum Gasteiger partial charge on any atom is 0.426 e. The van der Waals surface area contributed by atoms with Gasteiger partial charge < -0.3 is 15.6 Å².